The van der Waals surface area contributed by atoms with Crippen molar-refractivity contribution in [3.05, 3.63) is 70.6 Å². The van der Waals surface area contributed by atoms with Crippen molar-refractivity contribution >= 4 is 33.5 Å². The molecule has 0 fully saturated rings. The topological polar surface area (TPSA) is 80.0 Å². The van der Waals surface area contributed by atoms with Crippen molar-refractivity contribution < 1.29 is 9.21 Å². The predicted octanol–water partition coefficient (Wildman–Crippen LogP) is 3.63. The van der Waals surface area contributed by atoms with Crippen molar-refractivity contribution in [2.75, 3.05) is 10.6 Å². The molecule has 3 rings (SSSR count). The summed E-state index contributed by atoms with van der Waals surface area (Å²) in [6.45, 7) is 0.525. The second-order valence-electron chi connectivity index (χ2n) is 5.09. The van der Waals surface area contributed by atoms with Gasteiger partial charge in [0.15, 0.2) is 5.82 Å². The Balaban J connectivity index is 1.51. The lowest BCUT2D eigenvalue weighted by Gasteiger charge is -2.06. The van der Waals surface area contributed by atoms with Crippen LogP contribution in [0.15, 0.2) is 63.7 Å². The molecule has 1 amide bonds. The highest BCUT2D eigenvalue weighted by molar-refractivity contribution is 9.10. The van der Waals surface area contributed by atoms with Crippen LogP contribution in [0, 0.1) is 0 Å². The van der Waals surface area contributed by atoms with Crippen LogP contribution < -0.4 is 10.6 Å². The molecule has 6 nitrogen and oxygen atoms in total. The number of hydrogen-bond acceptors (Lipinski definition) is 5. The molecule has 0 unspecified atom stereocenters. The number of hydrogen-bond donors (Lipinski definition) is 2. The summed E-state index contributed by atoms with van der Waals surface area (Å²) in [5.41, 5.74) is 0.931. The molecule has 0 atom stereocenters. The van der Waals surface area contributed by atoms with E-state index >= 15 is 0 Å². The van der Waals surface area contributed by atoms with Crippen LogP contribution in [-0.4, -0.2) is 16.1 Å². The molecular formula is C17H15BrN4O2. The van der Waals surface area contributed by atoms with Gasteiger partial charge in [-0.05, 0) is 42.0 Å². The van der Waals surface area contributed by atoms with Crippen LogP contribution in [0.1, 0.15) is 11.3 Å². The maximum atomic E-state index is 12.0. The summed E-state index contributed by atoms with van der Waals surface area (Å²) < 4.78 is 6.21. The lowest BCUT2D eigenvalue weighted by molar-refractivity contribution is -0.115. The molecule has 2 N–H and O–H groups in total. The largest absolute Gasteiger partial charge is 0.467 e. The highest BCUT2D eigenvalue weighted by atomic mass is 79.9. The van der Waals surface area contributed by atoms with Gasteiger partial charge >= 0.3 is 0 Å². The Labute approximate surface area is 147 Å². The number of amides is 1. The van der Waals surface area contributed by atoms with Crippen LogP contribution in [0.25, 0.3) is 0 Å². The van der Waals surface area contributed by atoms with Gasteiger partial charge in [-0.1, -0.05) is 28.1 Å². The maximum Gasteiger partial charge on any atom is 0.229 e. The van der Waals surface area contributed by atoms with Gasteiger partial charge in [-0.15, -0.1) is 10.2 Å². The molecule has 122 valence electrons. The molecule has 0 aliphatic rings. The van der Waals surface area contributed by atoms with Gasteiger partial charge in [0.05, 0.1) is 19.2 Å². The smallest absolute Gasteiger partial charge is 0.229 e. The van der Waals surface area contributed by atoms with Crippen molar-refractivity contribution in [3.63, 3.8) is 0 Å². The number of rotatable bonds is 6. The van der Waals surface area contributed by atoms with Crippen molar-refractivity contribution in [1.29, 1.82) is 0 Å². The molecule has 0 radical (unpaired) electrons. The van der Waals surface area contributed by atoms with E-state index in [1.54, 1.807) is 18.4 Å². The Morgan fingerprint density at radius 1 is 1.04 bits per heavy atom. The first-order valence-corrected chi connectivity index (χ1v) is 8.12. The maximum absolute atomic E-state index is 12.0. The van der Waals surface area contributed by atoms with Crippen LogP contribution >= 0.6 is 15.9 Å². The molecule has 0 aliphatic heterocycles. The minimum absolute atomic E-state index is 0.136. The first kappa shape index (κ1) is 16.2. The summed E-state index contributed by atoms with van der Waals surface area (Å²) in [7, 11) is 0. The zero-order valence-electron chi connectivity index (χ0n) is 12.7. The molecule has 3 aromatic rings. The third-order valence-electron chi connectivity index (χ3n) is 3.23. The Kier molecular flexibility index (Phi) is 5.22. The van der Waals surface area contributed by atoms with Gasteiger partial charge in [-0.2, -0.15) is 0 Å². The molecule has 1 aromatic carbocycles. The van der Waals surface area contributed by atoms with Crippen molar-refractivity contribution in [1.82, 2.24) is 10.2 Å². The lowest BCUT2D eigenvalue weighted by atomic mass is 10.1. The minimum Gasteiger partial charge on any atom is -0.467 e. The van der Waals surface area contributed by atoms with Gasteiger partial charge in [0.2, 0.25) is 5.91 Å². The Bertz CT molecular complexity index is 786. The van der Waals surface area contributed by atoms with E-state index < -0.39 is 0 Å². The molecule has 0 saturated carbocycles. The van der Waals surface area contributed by atoms with Gasteiger partial charge in [0, 0.05) is 4.47 Å². The summed E-state index contributed by atoms with van der Waals surface area (Å²) in [6.07, 6.45) is 1.90. The first-order valence-electron chi connectivity index (χ1n) is 7.33. The van der Waals surface area contributed by atoms with E-state index in [0.717, 1.165) is 15.8 Å². The Hall–Kier alpha value is -2.67. The van der Waals surface area contributed by atoms with Gasteiger partial charge in [0.1, 0.15) is 11.6 Å². The standard InChI is InChI=1S/C17H15BrN4O2/c18-13-5-3-12(4-6-13)10-17(23)20-16-8-7-15(21-22-16)19-11-14-2-1-9-24-14/h1-9H,10-11H2,(H,19,21)(H,20,22,23). The molecule has 2 aromatic heterocycles. The van der Waals surface area contributed by atoms with Crippen LogP contribution in [0.3, 0.4) is 0 Å². The van der Waals surface area contributed by atoms with E-state index in [4.69, 9.17) is 4.42 Å². The van der Waals surface area contributed by atoms with E-state index in [-0.39, 0.29) is 12.3 Å². The number of carbonyl (C=O) groups excluding carboxylic acids is 1. The lowest BCUT2D eigenvalue weighted by Crippen LogP contribution is -2.15. The number of benzene rings is 1. The second-order valence-corrected chi connectivity index (χ2v) is 6.00. The monoisotopic (exact) mass is 386 g/mol. The van der Waals surface area contributed by atoms with E-state index in [1.807, 2.05) is 36.4 Å². The number of furan rings is 1. The number of halogens is 1. The van der Waals surface area contributed by atoms with Gasteiger partial charge in [-0.25, -0.2) is 0 Å². The highest BCUT2D eigenvalue weighted by Crippen LogP contribution is 2.12. The molecule has 7 heteroatoms. The SMILES string of the molecule is O=C(Cc1ccc(Br)cc1)Nc1ccc(NCc2ccco2)nn1. The molecule has 0 spiro atoms. The quantitative estimate of drug-likeness (QED) is 0.675. The Morgan fingerprint density at radius 2 is 1.79 bits per heavy atom. The number of nitrogens with one attached hydrogen (secondary N) is 2. The van der Waals surface area contributed by atoms with Crippen LogP contribution in [-0.2, 0) is 17.8 Å². The summed E-state index contributed by atoms with van der Waals surface area (Å²) in [6, 6.07) is 14.8. The molecule has 0 saturated heterocycles. The summed E-state index contributed by atoms with van der Waals surface area (Å²) >= 11 is 3.37. The van der Waals surface area contributed by atoms with E-state index in [2.05, 4.69) is 36.8 Å². The zero-order valence-corrected chi connectivity index (χ0v) is 14.3. The van der Waals surface area contributed by atoms with Gasteiger partial charge < -0.3 is 15.1 Å². The number of carbonyl (C=O) groups is 1. The fraction of sp³-hybridized carbons (Fsp3) is 0.118. The second kappa shape index (κ2) is 7.74. The molecule has 0 aliphatic carbocycles. The van der Waals surface area contributed by atoms with Gasteiger partial charge in [0.25, 0.3) is 0 Å². The Morgan fingerprint density at radius 3 is 2.46 bits per heavy atom. The highest BCUT2D eigenvalue weighted by Gasteiger charge is 2.06. The molecular weight excluding hydrogens is 372 g/mol. The molecule has 2 heterocycles. The van der Waals surface area contributed by atoms with E-state index in [9.17, 15) is 4.79 Å². The number of nitrogens with zero attached hydrogens (tertiary/aromatic N) is 2. The van der Waals surface area contributed by atoms with Crippen molar-refractivity contribution in [3.8, 4) is 0 Å². The van der Waals surface area contributed by atoms with E-state index in [1.165, 1.54) is 0 Å². The third-order valence-corrected chi connectivity index (χ3v) is 3.76. The summed E-state index contributed by atoms with van der Waals surface area (Å²) in [4.78, 5) is 12.0. The van der Waals surface area contributed by atoms with Gasteiger partial charge in [-0.3, -0.25) is 4.79 Å². The minimum atomic E-state index is -0.136. The van der Waals surface area contributed by atoms with Crippen molar-refractivity contribution in [2.45, 2.75) is 13.0 Å². The molecule has 24 heavy (non-hydrogen) atoms. The zero-order chi connectivity index (χ0) is 16.8. The number of aromatic nitrogens is 2. The van der Waals surface area contributed by atoms with Crippen LogP contribution in [0.4, 0.5) is 11.6 Å². The summed E-state index contributed by atoms with van der Waals surface area (Å²) in [5.74, 6) is 1.70. The average molecular weight is 387 g/mol. The molecule has 0 bridgehead atoms. The van der Waals surface area contributed by atoms with Crippen LogP contribution in [0.5, 0.6) is 0 Å². The van der Waals surface area contributed by atoms with Crippen LogP contribution in [0.2, 0.25) is 0 Å². The van der Waals surface area contributed by atoms with E-state index in [0.29, 0.717) is 18.2 Å². The predicted molar refractivity (Wildman–Crippen MR) is 94.5 cm³/mol. The average Bonchev–Trinajstić information content (AvgIpc) is 3.10. The third kappa shape index (κ3) is 4.66. The summed E-state index contributed by atoms with van der Waals surface area (Å²) in [5, 5.41) is 13.8. The number of anilines is 2. The fourth-order valence-corrected chi connectivity index (χ4v) is 2.32. The normalized spacial score (nSPS) is 10.4. The fourth-order valence-electron chi connectivity index (χ4n) is 2.06. The van der Waals surface area contributed by atoms with Crippen molar-refractivity contribution in [2.24, 2.45) is 0 Å². The first-order chi connectivity index (χ1) is 11.7.